The Balaban J connectivity index is 2.02. The van der Waals surface area contributed by atoms with Crippen molar-refractivity contribution in [2.24, 2.45) is 0 Å². The molecule has 2 aliphatic rings. The van der Waals surface area contributed by atoms with Crippen molar-refractivity contribution in [3.63, 3.8) is 0 Å². The molecule has 1 aromatic heterocycles. The van der Waals surface area contributed by atoms with Gasteiger partial charge in [-0.05, 0) is 26.1 Å². The molecule has 2 saturated heterocycles. The minimum Gasteiger partial charge on any atom is -0.394 e. The highest BCUT2D eigenvalue weighted by Crippen LogP contribution is 2.42. The minimum absolute atomic E-state index is 0.151. The first kappa shape index (κ1) is 15.8. The van der Waals surface area contributed by atoms with Crippen molar-refractivity contribution in [1.29, 1.82) is 0 Å². The van der Waals surface area contributed by atoms with Crippen LogP contribution >= 0.6 is 12.2 Å². The smallest absolute Gasteiger partial charge is 0.257 e. The summed E-state index contributed by atoms with van der Waals surface area (Å²) in [5.74, 6) is -0.797. The molecule has 4 unspecified atom stereocenters. The molecule has 0 saturated carbocycles. The van der Waals surface area contributed by atoms with Gasteiger partial charge in [-0.25, -0.2) is 0 Å². The van der Waals surface area contributed by atoms with Crippen molar-refractivity contribution < 1.29 is 24.4 Å². The maximum atomic E-state index is 11.7. The number of fused-ring (bicyclic) bond motifs is 1. The SMILES string of the molecule is CC1(C)OC2C(CO)OC(n3cc(CO)c(=O)[nH]c3=S)C2O1. The Labute approximate surface area is 131 Å². The van der Waals surface area contributed by atoms with Crippen LogP contribution in [0.3, 0.4) is 0 Å². The predicted molar refractivity (Wildman–Crippen MR) is 76.6 cm³/mol. The number of aromatic nitrogens is 2. The van der Waals surface area contributed by atoms with E-state index < -0.39 is 42.5 Å². The molecule has 9 heteroatoms. The number of aliphatic hydroxyl groups excluding tert-OH is 2. The van der Waals surface area contributed by atoms with Crippen LogP contribution in [-0.4, -0.2) is 50.5 Å². The molecule has 0 amide bonds. The van der Waals surface area contributed by atoms with Gasteiger partial charge in [0, 0.05) is 6.20 Å². The van der Waals surface area contributed by atoms with E-state index in [0.29, 0.717) is 0 Å². The summed E-state index contributed by atoms with van der Waals surface area (Å²) >= 11 is 5.16. The number of nitrogens with zero attached hydrogens (tertiary/aromatic N) is 1. The van der Waals surface area contributed by atoms with Gasteiger partial charge in [0.05, 0.1) is 18.8 Å². The van der Waals surface area contributed by atoms with E-state index in [4.69, 9.17) is 26.4 Å². The van der Waals surface area contributed by atoms with Crippen molar-refractivity contribution in [3.8, 4) is 0 Å². The van der Waals surface area contributed by atoms with Crippen LogP contribution in [0.25, 0.3) is 0 Å². The first-order valence-electron chi connectivity index (χ1n) is 6.93. The number of ether oxygens (including phenoxy) is 3. The van der Waals surface area contributed by atoms with Crippen LogP contribution in [0.2, 0.25) is 0 Å². The lowest BCUT2D eigenvalue weighted by atomic mass is 10.1. The van der Waals surface area contributed by atoms with Crippen molar-refractivity contribution in [2.45, 2.75) is 50.8 Å². The number of hydrogen-bond acceptors (Lipinski definition) is 7. The van der Waals surface area contributed by atoms with Crippen LogP contribution in [0.5, 0.6) is 0 Å². The van der Waals surface area contributed by atoms with Crippen LogP contribution in [0.4, 0.5) is 0 Å². The van der Waals surface area contributed by atoms with Crippen LogP contribution in [-0.2, 0) is 20.8 Å². The maximum Gasteiger partial charge on any atom is 0.257 e. The Kier molecular flexibility index (Phi) is 3.96. The van der Waals surface area contributed by atoms with Gasteiger partial charge in [-0.2, -0.15) is 0 Å². The van der Waals surface area contributed by atoms with E-state index in [1.54, 1.807) is 13.8 Å². The second kappa shape index (κ2) is 5.52. The topological polar surface area (TPSA) is 106 Å². The van der Waals surface area contributed by atoms with E-state index in [9.17, 15) is 15.0 Å². The molecule has 1 aromatic rings. The highest BCUT2D eigenvalue weighted by molar-refractivity contribution is 7.71. The van der Waals surface area contributed by atoms with Gasteiger partial charge >= 0.3 is 0 Å². The lowest BCUT2D eigenvalue weighted by Gasteiger charge is -2.25. The first-order valence-corrected chi connectivity index (χ1v) is 7.34. The maximum absolute atomic E-state index is 11.7. The average molecular weight is 330 g/mol. The molecule has 0 spiro atoms. The molecule has 0 bridgehead atoms. The summed E-state index contributed by atoms with van der Waals surface area (Å²) in [6.45, 7) is 2.92. The summed E-state index contributed by atoms with van der Waals surface area (Å²) in [5, 5.41) is 18.7. The van der Waals surface area contributed by atoms with Gasteiger partial charge < -0.3 is 24.4 Å². The Hall–Kier alpha value is -1.10. The second-order valence-electron chi connectivity index (χ2n) is 5.79. The van der Waals surface area contributed by atoms with Crippen LogP contribution in [0.15, 0.2) is 11.0 Å². The van der Waals surface area contributed by atoms with Crippen LogP contribution in [0.1, 0.15) is 25.6 Å². The van der Waals surface area contributed by atoms with Crippen LogP contribution in [0, 0.1) is 4.77 Å². The van der Waals surface area contributed by atoms with Crippen molar-refractivity contribution in [3.05, 3.63) is 26.9 Å². The summed E-state index contributed by atoms with van der Waals surface area (Å²) < 4.78 is 19.1. The van der Waals surface area contributed by atoms with Crippen molar-refractivity contribution >= 4 is 12.2 Å². The summed E-state index contributed by atoms with van der Waals surface area (Å²) in [6, 6.07) is 0. The normalized spacial score (nSPS) is 33.1. The van der Waals surface area contributed by atoms with E-state index >= 15 is 0 Å². The molecule has 4 atom stereocenters. The van der Waals surface area contributed by atoms with Crippen molar-refractivity contribution in [2.75, 3.05) is 6.61 Å². The lowest BCUT2D eigenvalue weighted by Crippen LogP contribution is -2.31. The molecule has 122 valence electrons. The van der Waals surface area contributed by atoms with Gasteiger partial charge in [-0.15, -0.1) is 0 Å². The zero-order valence-corrected chi connectivity index (χ0v) is 13.0. The zero-order chi connectivity index (χ0) is 16.1. The third kappa shape index (κ3) is 2.53. The average Bonchev–Trinajstić information content (AvgIpc) is 2.92. The molecular weight excluding hydrogens is 312 g/mol. The molecule has 8 nitrogen and oxygen atoms in total. The highest BCUT2D eigenvalue weighted by Gasteiger charge is 2.55. The number of rotatable bonds is 3. The Morgan fingerprint density at radius 3 is 2.68 bits per heavy atom. The Bertz CT molecular complexity index is 684. The van der Waals surface area contributed by atoms with Gasteiger partial charge in [-0.3, -0.25) is 14.3 Å². The number of hydrogen-bond donors (Lipinski definition) is 3. The first-order chi connectivity index (χ1) is 10.4. The van der Waals surface area contributed by atoms with Gasteiger partial charge in [0.15, 0.2) is 16.8 Å². The third-order valence-corrected chi connectivity index (χ3v) is 4.10. The largest absolute Gasteiger partial charge is 0.394 e. The second-order valence-corrected chi connectivity index (χ2v) is 6.18. The van der Waals surface area contributed by atoms with E-state index in [1.807, 2.05) is 0 Å². The predicted octanol–water partition coefficient (Wildman–Crippen LogP) is -0.192. The fraction of sp³-hybridized carbons (Fsp3) is 0.692. The molecule has 0 aliphatic carbocycles. The fourth-order valence-corrected chi connectivity index (χ4v) is 3.11. The fourth-order valence-electron chi connectivity index (χ4n) is 2.86. The molecule has 3 rings (SSSR count). The van der Waals surface area contributed by atoms with Gasteiger partial charge in [0.2, 0.25) is 0 Å². The third-order valence-electron chi connectivity index (χ3n) is 3.79. The molecule has 3 heterocycles. The molecule has 3 N–H and O–H groups in total. The zero-order valence-electron chi connectivity index (χ0n) is 12.2. The summed E-state index contributed by atoms with van der Waals surface area (Å²) in [4.78, 5) is 14.1. The Morgan fingerprint density at radius 1 is 1.36 bits per heavy atom. The van der Waals surface area contributed by atoms with Gasteiger partial charge in [-0.1, -0.05) is 0 Å². The van der Waals surface area contributed by atoms with Crippen LogP contribution < -0.4 is 5.56 Å². The molecule has 2 aliphatic heterocycles. The number of aromatic amines is 1. The van der Waals surface area contributed by atoms with E-state index in [0.717, 1.165) is 0 Å². The van der Waals surface area contributed by atoms with E-state index in [2.05, 4.69) is 4.98 Å². The number of H-pyrrole nitrogens is 1. The molecular formula is C13H18N2O6S. The van der Waals surface area contributed by atoms with Gasteiger partial charge in [0.1, 0.15) is 18.3 Å². The quantitative estimate of drug-likeness (QED) is 0.660. The highest BCUT2D eigenvalue weighted by atomic mass is 32.1. The summed E-state index contributed by atoms with van der Waals surface area (Å²) in [6.07, 6.45) is -0.674. The molecule has 2 fully saturated rings. The van der Waals surface area contributed by atoms with E-state index in [1.165, 1.54) is 10.8 Å². The summed E-state index contributed by atoms with van der Waals surface area (Å²) in [7, 11) is 0. The number of nitrogens with one attached hydrogen (secondary N) is 1. The molecule has 0 radical (unpaired) electrons. The minimum atomic E-state index is -0.797. The van der Waals surface area contributed by atoms with Gasteiger partial charge in [0.25, 0.3) is 5.56 Å². The molecule has 0 aromatic carbocycles. The molecule has 22 heavy (non-hydrogen) atoms. The van der Waals surface area contributed by atoms with E-state index in [-0.39, 0.29) is 16.9 Å². The van der Waals surface area contributed by atoms with Crippen molar-refractivity contribution in [1.82, 2.24) is 9.55 Å². The standard InChI is InChI=1S/C13H18N2O6S/c1-13(2)20-8-7(5-17)19-11(9(8)21-13)15-3-6(4-16)10(18)14-12(15)22/h3,7-9,11,16-17H,4-5H2,1-2H3,(H,14,18,22). The Morgan fingerprint density at radius 2 is 2.05 bits per heavy atom. The monoisotopic (exact) mass is 330 g/mol. The lowest BCUT2D eigenvalue weighted by molar-refractivity contribution is -0.200. The number of aliphatic hydroxyl groups is 2. The summed E-state index contributed by atoms with van der Waals surface area (Å²) in [5.41, 5.74) is -0.278.